The van der Waals surface area contributed by atoms with Crippen LogP contribution < -0.4 is 4.72 Å². The zero-order valence-electron chi connectivity index (χ0n) is 14.6. The van der Waals surface area contributed by atoms with E-state index in [1.807, 2.05) is 60.7 Å². The van der Waals surface area contributed by atoms with Gasteiger partial charge in [-0.25, -0.2) is 4.21 Å². The molecule has 0 bridgehead atoms. The molecule has 0 amide bonds. The highest BCUT2D eigenvalue weighted by atomic mass is 79.9. The molecule has 3 rings (SSSR count). The lowest BCUT2D eigenvalue weighted by molar-refractivity contribution is -0.118. The Hall–Kier alpha value is -2.31. The molecule has 0 spiro atoms. The van der Waals surface area contributed by atoms with Crippen LogP contribution in [0.15, 0.2) is 82.4 Å². The number of halogens is 1. The fourth-order valence-electron chi connectivity index (χ4n) is 2.58. The first-order valence-corrected chi connectivity index (χ1v) is 10.5. The number of aryl methyl sites for hydroxylation is 1. The Kier molecular flexibility index (Phi) is 6.90. The molecule has 3 aromatic rings. The molecular formula is C21H19BrN2O2S. The lowest BCUT2D eigenvalue weighted by Crippen LogP contribution is -2.06. The Bertz CT molecular complexity index is 930. The van der Waals surface area contributed by atoms with Crippen molar-refractivity contribution in [2.75, 3.05) is 4.72 Å². The molecule has 0 aliphatic rings. The summed E-state index contributed by atoms with van der Waals surface area (Å²) in [6, 6.07) is 18.7. The van der Waals surface area contributed by atoms with Crippen molar-refractivity contribution in [2.45, 2.75) is 24.2 Å². The van der Waals surface area contributed by atoms with E-state index in [0.717, 1.165) is 21.3 Å². The van der Waals surface area contributed by atoms with Gasteiger partial charge in [-0.3, -0.25) is 9.78 Å². The van der Waals surface area contributed by atoms with Crippen LogP contribution in [0.1, 0.15) is 17.5 Å². The molecule has 0 saturated carbocycles. The molecule has 1 unspecified atom stereocenters. The Labute approximate surface area is 169 Å². The lowest BCUT2D eigenvalue weighted by atomic mass is 10.0. The van der Waals surface area contributed by atoms with Crippen LogP contribution in [0.25, 0.3) is 0 Å². The smallest absolute Gasteiger partial charge is 0.150 e. The molecule has 27 heavy (non-hydrogen) atoms. The normalized spacial score (nSPS) is 11.7. The van der Waals surface area contributed by atoms with Gasteiger partial charge in [0.05, 0.1) is 4.90 Å². The minimum atomic E-state index is -1.34. The van der Waals surface area contributed by atoms with Crippen LogP contribution >= 0.6 is 15.9 Å². The molecule has 0 aliphatic carbocycles. The van der Waals surface area contributed by atoms with Crippen molar-refractivity contribution in [3.8, 4) is 0 Å². The van der Waals surface area contributed by atoms with Crippen molar-refractivity contribution in [1.29, 1.82) is 0 Å². The summed E-state index contributed by atoms with van der Waals surface area (Å²) in [4.78, 5) is 16.9. The van der Waals surface area contributed by atoms with Crippen molar-refractivity contribution in [1.82, 2.24) is 4.98 Å². The van der Waals surface area contributed by atoms with Gasteiger partial charge in [0.15, 0.2) is 0 Å². The van der Waals surface area contributed by atoms with Gasteiger partial charge in [-0.2, -0.15) is 0 Å². The van der Waals surface area contributed by atoms with E-state index >= 15 is 0 Å². The molecule has 0 radical (unpaired) electrons. The van der Waals surface area contributed by atoms with E-state index in [1.54, 1.807) is 12.4 Å². The van der Waals surface area contributed by atoms with Crippen LogP contribution in [0, 0.1) is 0 Å². The Balaban J connectivity index is 1.52. The van der Waals surface area contributed by atoms with E-state index < -0.39 is 11.0 Å². The molecular weight excluding hydrogens is 424 g/mol. The first-order valence-electron chi connectivity index (χ1n) is 8.54. The topological polar surface area (TPSA) is 59.1 Å². The average molecular weight is 443 g/mol. The monoisotopic (exact) mass is 442 g/mol. The van der Waals surface area contributed by atoms with Crippen LogP contribution in [0.5, 0.6) is 0 Å². The lowest BCUT2D eigenvalue weighted by Gasteiger charge is -2.08. The first-order chi connectivity index (χ1) is 13.1. The van der Waals surface area contributed by atoms with Gasteiger partial charge in [0.1, 0.15) is 16.8 Å². The van der Waals surface area contributed by atoms with Gasteiger partial charge in [-0.1, -0.05) is 40.2 Å². The molecule has 4 nitrogen and oxygen atoms in total. The number of pyridine rings is 1. The highest BCUT2D eigenvalue weighted by molar-refractivity contribution is 9.10. The van der Waals surface area contributed by atoms with Crippen molar-refractivity contribution >= 4 is 38.4 Å². The van der Waals surface area contributed by atoms with Crippen LogP contribution in [0.3, 0.4) is 0 Å². The number of ketones is 1. The molecule has 2 aromatic carbocycles. The maximum atomic E-state index is 12.4. The summed E-state index contributed by atoms with van der Waals surface area (Å²) in [6.07, 6.45) is 5.12. The maximum absolute atomic E-state index is 12.4. The summed E-state index contributed by atoms with van der Waals surface area (Å²) in [5, 5.41) is 0. The van der Waals surface area contributed by atoms with Gasteiger partial charge >= 0.3 is 0 Å². The Morgan fingerprint density at radius 1 is 1.04 bits per heavy atom. The van der Waals surface area contributed by atoms with Gasteiger partial charge < -0.3 is 4.72 Å². The second kappa shape index (κ2) is 9.58. The third-order valence-corrected chi connectivity index (χ3v) is 5.59. The van der Waals surface area contributed by atoms with E-state index in [1.165, 1.54) is 0 Å². The van der Waals surface area contributed by atoms with E-state index in [4.69, 9.17) is 0 Å². The second-order valence-electron chi connectivity index (χ2n) is 6.10. The molecule has 1 aromatic heterocycles. The predicted molar refractivity (Wildman–Crippen MR) is 112 cm³/mol. The summed E-state index contributed by atoms with van der Waals surface area (Å²) in [6.45, 7) is 0. The molecule has 138 valence electrons. The number of anilines is 1. The number of nitrogens with one attached hydrogen (secondary N) is 1. The summed E-state index contributed by atoms with van der Waals surface area (Å²) < 4.78 is 16.2. The zero-order chi connectivity index (χ0) is 19.1. The molecule has 1 atom stereocenters. The fourth-order valence-corrected chi connectivity index (χ4v) is 4.04. The molecule has 1 N–H and O–H groups in total. The molecule has 0 aliphatic heterocycles. The first kappa shape index (κ1) is 19.5. The number of carbonyl (C=O) groups excluding carboxylic acids is 1. The predicted octanol–water partition coefficient (Wildman–Crippen LogP) is 4.72. The zero-order valence-corrected chi connectivity index (χ0v) is 17.0. The quantitative estimate of drug-likeness (QED) is 0.548. The number of nitrogens with zero attached hydrogens (tertiary/aromatic N) is 1. The fraction of sp³-hybridized carbons (Fsp3) is 0.143. The number of rotatable bonds is 8. The van der Waals surface area contributed by atoms with Crippen molar-refractivity contribution < 1.29 is 9.00 Å². The minimum Gasteiger partial charge on any atom is -0.301 e. The molecule has 6 heteroatoms. The standard InChI is InChI=1S/C21H19BrN2O2S/c22-18-4-1-5-21(14-18)27(26)24-19-9-6-16(7-10-19)13-20(25)11-8-17-3-2-12-23-15-17/h1-7,9-10,12,14-15,24H,8,11,13H2. The van der Waals surface area contributed by atoms with E-state index in [2.05, 4.69) is 25.6 Å². The minimum absolute atomic E-state index is 0.192. The summed E-state index contributed by atoms with van der Waals surface area (Å²) in [5.74, 6) is 0.192. The molecule has 1 heterocycles. The van der Waals surface area contributed by atoms with Crippen LogP contribution in [0.4, 0.5) is 5.69 Å². The number of hydrogen-bond donors (Lipinski definition) is 1. The van der Waals surface area contributed by atoms with Gasteiger partial charge in [0.25, 0.3) is 0 Å². The highest BCUT2D eigenvalue weighted by Crippen LogP contribution is 2.18. The van der Waals surface area contributed by atoms with Crippen LogP contribution in [-0.4, -0.2) is 15.0 Å². The summed E-state index contributed by atoms with van der Waals surface area (Å²) in [5.41, 5.74) is 2.77. The van der Waals surface area contributed by atoms with Gasteiger partial charge in [-0.05, 0) is 53.9 Å². The van der Waals surface area contributed by atoms with Gasteiger partial charge in [0, 0.05) is 35.4 Å². The largest absolute Gasteiger partial charge is 0.301 e. The van der Waals surface area contributed by atoms with Crippen molar-refractivity contribution in [3.63, 3.8) is 0 Å². The number of carbonyl (C=O) groups is 1. The maximum Gasteiger partial charge on any atom is 0.150 e. The van der Waals surface area contributed by atoms with E-state index in [9.17, 15) is 9.00 Å². The Morgan fingerprint density at radius 2 is 1.85 bits per heavy atom. The summed E-state index contributed by atoms with van der Waals surface area (Å²) >= 11 is 3.38. The average Bonchev–Trinajstić information content (AvgIpc) is 2.69. The van der Waals surface area contributed by atoms with Crippen LogP contribution in [0.2, 0.25) is 0 Å². The number of hydrogen-bond acceptors (Lipinski definition) is 3. The van der Waals surface area contributed by atoms with Crippen molar-refractivity contribution in [3.05, 3.63) is 88.7 Å². The van der Waals surface area contributed by atoms with E-state index in [0.29, 0.717) is 24.2 Å². The third-order valence-electron chi connectivity index (χ3n) is 3.99. The number of Topliss-reactive ketones (excluding diaryl/α,β-unsaturated/α-hetero) is 1. The number of benzene rings is 2. The van der Waals surface area contributed by atoms with Gasteiger partial charge in [-0.15, -0.1) is 0 Å². The highest BCUT2D eigenvalue weighted by Gasteiger charge is 2.07. The summed E-state index contributed by atoms with van der Waals surface area (Å²) in [7, 11) is -1.34. The Morgan fingerprint density at radius 3 is 2.56 bits per heavy atom. The third kappa shape index (κ3) is 6.12. The van der Waals surface area contributed by atoms with E-state index in [-0.39, 0.29) is 5.78 Å². The number of aromatic nitrogens is 1. The van der Waals surface area contributed by atoms with Gasteiger partial charge in [0.2, 0.25) is 0 Å². The molecule has 0 saturated heterocycles. The SMILES string of the molecule is O=C(CCc1cccnc1)Cc1ccc(NS(=O)c2cccc(Br)c2)cc1. The molecule has 0 fully saturated rings. The van der Waals surface area contributed by atoms with Crippen LogP contribution in [-0.2, 0) is 28.6 Å². The van der Waals surface area contributed by atoms with Crippen molar-refractivity contribution in [2.24, 2.45) is 0 Å². The second-order valence-corrected chi connectivity index (χ2v) is 8.23.